The molecule has 0 aliphatic rings. The lowest BCUT2D eigenvalue weighted by Gasteiger charge is -2.14. The Morgan fingerprint density at radius 3 is 2.72 bits per heavy atom. The number of fused-ring (bicyclic) bond motifs is 1. The number of hydrogen-bond donors (Lipinski definition) is 3. The number of nitrogens with zero attached hydrogens (tertiary/aromatic N) is 1. The van der Waals surface area contributed by atoms with Gasteiger partial charge in [-0.25, -0.2) is 4.39 Å². The highest BCUT2D eigenvalue weighted by molar-refractivity contribution is 14.0. The summed E-state index contributed by atoms with van der Waals surface area (Å²) in [6.45, 7) is 3.13. The van der Waals surface area contributed by atoms with E-state index in [9.17, 15) is 4.39 Å². The number of anilines is 1. The first-order valence-corrected chi connectivity index (χ1v) is 9.18. The van der Waals surface area contributed by atoms with Crippen LogP contribution in [0.4, 0.5) is 10.1 Å². The molecular formula is C21H26FIN4O2. The van der Waals surface area contributed by atoms with Crippen LogP contribution in [0.1, 0.15) is 12.5 Å². The number of ether oxygens (including phenoxy) is 2. The molecule has 8 heteroatoms. The average Bonchev–Trinajstić information content (AvgIpc) is 3.10. The Bertz CT molecular complexity index is 974. The van der Waals surface area contributed by atoms with E-state index in [1.54, 1.807) is 26.3 Å². The Morgan fingerprint density at radius 2 is 2.00 bits per heavy atom. The van der Waals surface area contributed by atoms with Crippen LogP contribution in [0, 0.1) is 5.82 Å². The van der Waals surface area contributed by atoms with Crippen molar-refractivity contribution in [1.82, 2.24) is 10.3 Å². The van der Waals surface area contributed by atoms with Gasteiger partial charge in [-0.3, -0.25) is 4.99 Å². The summed E-state index contributed by atoms with van der Waals surface area (Å²) in [5, 5.41) is 7.42. The fraction of sp³-hybridized carbons (Fsp3) is 0.286. The average molecular weight is 512 g/mol. The van der Waals surface area contributed by atoms with Gasteiger partial charge in [0.15, 0.2) is 17.5 Å². The molecule has 1 aromatic heterocycles. The van der Waals surface area contributed by atoms with Gasteiger partial charge in [0.25, 0.3) is 0 Å². The molecule has 0 aliphatic heterocycles. The van der Waals surface area contributed by atoms with Crippen LogP contribution in [0.25, 0.3) is 10.9 Å². The number of guanidine groups is 1. The molecule has 3 aromatic rings. The van der Waals surface area contributed by atoms with Gasteiger partial charge in [-0.1, -0.05) is 0 Å². The van der Waals surface area contributed by atoms with Gasteiger partial charge in [-0.05, 0) is 49.2 Å². The maximum atomic E-state index is 13.5. The van der Waals surface area contributed by atoms with E-state index in [2.05, 4.69) is 20.6 Å². The van der Waals surface area contributed by atoms with Crippen molar-refractivity contribution in [2.75, 3.05) is 32.6 Å². The Kier molecular flexibility index (Phi) is 8.56. The third-order valence-corrected chi connectivity index (χ3v) is 4.37. The third kappa shape index (κ3) is 5.75. The lowest BCUT2D eigenvalue weighted by atomic mass is 10.1. The molecule has 0 saturated heterocycles. The minimum atomic E-state index is -0.233. The van der Waals surface area contributed by atoms with Crippen molar-refractivity contribution in [2.24, 2.45) is 4.99 Å². The van der Waals surface area contributed by atoms with Crippen LogP contribution in [-0.4, -0.2) is 38.3 Å². The number of halogens is 2. The van der Waals surface area contributed by atoms with Crippen molar-refractivity contribution in [3.05, 3.63) is 54.0 Å². The molecule has 0 fully saturated rings. The molecule has 29 heavy (non-hydrogen) atoms. The Morgan fingerprint density at radius 1 is 1.17 bits per heavy atom. The zero-order valence-corrected chi connectivity index (χ0v) is 19.0. The van der Waals surface area contributed by atoms with Crippen LogP contribution in [0.15, 0.2) is 47.6 Å². The summed E-state index contributed by atoms with van der Waals surface area (Å²) in [5.74, 6) is 1.76. The van der Waals surface area contributed by atoms with Gasteiger partial charge >= 0.3 is 0 Å². The highest BCUT2D eigenvalue weighted by atomic mass is 127. The van der Waals surface area contributed by atoms with Crippen molar-refractivity contribution in [3.63, 3.8) is 0 Å². The molecule has 0 unspecified atom stereocenters. The molecule has 0 radical (unpaired) electrons. The fourth-order valence-electron chi connectivity index (χ4n) is 3.01. The van der Waals surface area contributed by atoms with Gasteiger partial charge in [-0.2, -0.15) is 0 Å². The second-order valence-electron chi connectivity index (χ2n) is 6.18. The topological polar surface area (TPSA) is 70.7 Å². The predicted octanol–water partition coefficient (Wildman–Crippen LogP) is 4.56. The van der Waals surface area contributed by atoms with Gasteiger partial charge in [0.05, 0.1) is 13.7 Å². The van der Waals surface area contributed by atoms with E-state index in [0.29, 0.717) is 30.6 Å². The molecule has 0 bridgehead atoms. The molecule has 1 heterocycles. The van der Waals surface area contributed by atoms with Crippen molar-refractivity contribution < 1.29 is 13.9 Å². The van der Waals surface area contributed by atoms with Crippen molar-refractivity contribution in [1.29, 1.82) is 0 Å². The van der Waals surface area contributed by atoms with E-state index in [4.69, 9.17) is 9.47 Å². The molecule has 3 rings (SSSR count). The summed E-state index contributed by atoms with van der Waals surface area (Å²) in [5.41, 5.74) is 2.83. The van der Waals surface area contributed by atoms with E-state index in [1.807, 2.05) is 31.3 Å². The summed E-state index contributed by atoms with van der Waals surface area (Å²) in [6, 6.07) is 10.4. The maximum absolute atomic E-state index is 13.5. The lowest BCUT2D eigenvalue weighted by molar-refractivity contribution is 0.311. The highest BCUT2D eigenvalue weighted by Crippen LogP contribution is 2.30. The van der Waals surface area contributed by atoms with Crippen LogP contribution < -0.4 is 20.1 Å². The van der Waals surface area contributed by atoms with Gasteiger partial charge in [0.1, 0.15) is 5.82 Å². The van der Waals surface area contributed by atoms with Crippen LogP contribution in [0.5, 0.6) is 11.5 Å². The van der Waals surface area contributed by atoms with Gasteiger partial charge < -0.3 is 25.1 Å². The minimum Gasteiger partial charge on any atom is -0.493 e. The van der Waals surface area contributed by atoms with Crippen molar-refractivity contribution in [3.8, 4) is 11.5 Å². The van der Waals surface area contributed by atoms with Crippen LogP contribution in [-0.2, 0) is 6.42 Å². The first-order chi connectivity index (χ1) is 13.6. The summed E-state index contributed by atoms with van der Waals surface area (Å²) in [4.78, 5) is 7.42. The highest BCUT2D eigenvalue weighted by Gasteiger charge is 2.08. The summed E-state index contributed by atoms with van der Waals surface area (Å²) >= 11 is 0. The molecule has 0 spiro atoms. The SMILES string of the molecule is CCOc1cc(NC(=NC)NCCc2c[nH]c3ccc(F)cc23)ccc1OC.I. The minimum absolute atomic E-state index is 0. The number of aromatic nitrogens is 1. The number of aromatic amines is 1. The molecule has 0 aliphatic carbocycles. The van der Waals surface area contributed by atoms with E-state index in [-0.39, 0.29) is 29.8 Å². The van der Waals surface area contributed by atoms with Crippen LogP contribution in [0.2, 0.25) is 0 Å². The molecule has 156 valence electrons. The first kappa shape index (κ1) is 22.8. The monoisotopic (exact) mass is 512 g/mol. The summed E-state index contributed by atoms with van der Waals surface area (Å²) in [6.07, 6.45) is 2.65. The third-order valence-electron chi connectivity index (χ3n) is 4.37. The molecule has 2 aromatic carbocycles. The van der Waals surface area contributed by atoms with E-state index >= 15 is 0 Å². The van der Waals surface area contributed by atoms with E-state index in [1.165, 1.54) is 6.07 Å². The molecule has 3 N–H and O–H groups in total. The Balaban J connectivity index is 0.00000300. The van der Waals surface area contributed by atoms with Gasteiger partial charge in [0, 0.05) is 42.4 Å². The normalized spacial score (nSPS) is 11.1. The largest absolute Gasteiger partial charge is 0.493 e. The number of benzene rings is 2. The Hall–Kier alpha value is -2.49. The fourth-order valence-corrected chi connectivity index (χ4v) is 3.01. The van der Waals surface area contributed by atoms with Crippen molar-refractivity contribution in [2.45, 2.75) is 13.3 Å². The lowest BCUT2D eigenvalue weighted by Crippen LogP contribution is -2.32. The van der Waals surface area contributed by atoms with Gasteiger partial charge in [0.2, 0.25) is 0 Å². The number of methoxy groups -OCH3 is 1. The zero-order chi connectivity index (χ0) is 19.9. The zero-order valence-electron chi connectivity index (χ0n) is 16.7. The molecule has 0 atom stereocenters. The number of nitrogens with one attached hydrogen (secondary N) is 3. The van der Waals surface area contributed by atoms with Crippen LogP contribution in [0.3, 0.4) is 0 Å². The second-order valence-corrected chi connectivity index (χ2v) is 6.18. The van der Waals surface area contributed by atoms with Crippen molar-refractivity contribution >= 4 is 46.5 Å². The number of aliphatic imine (C=N–C) groups is 1. The first-order valence-electron chi connectivity index (χ1n) is 9.18. The predicted molar refractivity (Wildman–Crippen MR) is 127 cm³/mol. The van der Waals surface area contributed by atoms with E-state index in [0.717, 1.165) is 28.6 Å². The smallest absolute Gasteiger partial charge is 0.195 e. The quantitative estimate of drug-likeness (QED) is 0.247. The van der Waals surface area contributed by atoms with Gasteiger partial charge in [-0.15, -0.1) is 24.0 Å². The Labute approximate surface area is 186 Å². The number of hydrogen-bond acceptors (Lipinski definition) is 3. The number of rotatable bonds is 7. The second kappa shape index (κ2) is 10.9. The summed E-state index contributed by atoms with van der Waals surface area (Å²) in [7, 11) is 3.32. The summed E-state index contributed by atoms with van der Waals surface area (Å²) < 4.78 is 24.4. The molecule has 0 saturated carbocycles. The molecule has 0 amide bonds. The van der Waals surface area contributed by atoms with Crippen LogP contribution >= 0.6 is 24.0 Å². The molecular weight excluding hydrogens is 486 g/mol. The maximum Gasteiger partial charge on any atom is 0.195 e. The number of H-pyrrole nitrogens is 1. The standard InChI is InChI=1S/C21H25FN4O2.HI/c1-4-28-20-12-16(6-8-19(20)27-3)26-21(23-2)24-10-9-14-13-25-18-7-5-15(22)11-17(14)18;/h5-8,11-13,25H,4,9-10H2,1-3H3,(H2,23,24,26);1H. The van der Waals surface area contributed by atoms with E-state index < -0.39 is 0 Å². The molecule has 6 nitrogen and oxygen atoms in total.